The highest BCUT2D eigenvalue weighted by atomic mass is 16.5. The van der Waals surface area contributed by atoms with E-state index in [9.17, 15) is 0 Å². The maximum absolute atomic E-state index is 6.16. The molecule has 0 radical (unpaired) electrons. The van der Waals surface area contributed by atoms with E-state index in [2.05, 4.69) is 19.3 Å². The van der Waals surface area contributed by atoms with Crippen molar-refractivity contribution in [3.05, 3.63) is 0 Å². The summed E-state index contributed by atoms with van der Waals surface area (Å²) in [4.78, 5) is 0. The van der Waals surface area contributed by atoms with Crippen LogP contribution in [0.3, 0.4) is 0 Å². The molecule has 2 fully saturated rings. The molecule has 100 valence electrons. The molecule has 2 aliphatic rings. The fraction of sp³-hybridized carbons (Fsp3) is 1.00. The van der Waals surface area contributed by atoms with Gasteiger partial charge < -0.3 is 4.74 Å². The summed E-state index contributed by atoms with van der Waals surface area (Å²) in [6, 6.07) is 0.349. The molecule has 0 aromatic heterocycles. The van der Waals surface area contributed by atoms with Gasteiger partial charge in [-0.1, -0.05) is 19.8 Å². The number of hydrazine groups is 1. The Balaban J connectivity index is 2.01. The minimum Gasteiger partial charge on any atom is -0.374 e. The third-order valence-electron chi connectivity index (χ3n) is 4.65. The van der Waals surface area contributed by atoms with Gasteiger partial charge in [-0.25, -0.2) is 0 Å². The first-order chi connectivity index (χ1) is 8.20. The maximum atomic E-state index is 6.16. The average Bonchev–Trinajstić information content (AvgIpc) is 3.14. The smallest absolute Gasteiger partial charge is 0.0848 e. The van der Waals surface area contributed by atoms with E-state index in [0.29, 0.717) is 6.04 Å². The monoisotopic (exact) mass is 240 g/mol. The Labute approximate surface area is 105 Å². The second-order valence-electron chi connectivity index (χ2n) is 6.08. The molecule has 0 aromatic rings. The van der Waals surface area contributed by atoms with Gasteiger partial charge in [0.1, 0.15) is 0 Å². The molecule has 0 heterocycles. The van der Waals surface area contributed by atoms with Crippen molar-refractivity contribution in [1.29, 1.82) is 0 Å². The normalized spacial score (nSPS) is 35.8. The summed E-state index contributed by atoms with van der Waals surface area (Å²) in [6.45, 7) is 5.25. The molecule has 2 rings (SSSR count). The van der Waals surface area contributed by atoms with Gasteiger partial charge in [-0.3, -0.25) is 11.3 Å². The van der Waals surface area contributed by atoms with Crippen molar-refractivity contribution in [1.82, 2.24) is 5.43 Å². The van der Waals surface area contributed by atoms with Crippen LogP contribution < -0.4 is 11.3 Å². The molecule has 0 amide bonds. The highest BCUT2D eigenvalue weighted by Crippen LogP contribution is 2.42. The lowest BCUT2D eigenvalue weighted by Crippen LogP contribution is -2.56. The summed E-state index contributed by atoms with van der Waals surface area (Å²) in [6.07, 6.45) is 8.87. The number of nitrogens with one attached hydrogen (secondary N) is 1. The number of hydrogen-bond acceptors (Lipinski definition) is 3. The summed E-state index contributed by atoms with van der Waals surface area (Å²) in [5.41, 5.74) is 3.07. The van der Waals surface area contributed by atoms with E-state index in [1.54, 1.807) is 0 Å². The molecule has 2 aliphatic carbocycles. The molecule has 3 N–H and O–H groups in total. The molecule has 17 heavy (non-hydrogen) atoms. The van der Waals surface area contributed by atoms with Gasteiger partial charge in [0.25, 0.3) is 0 Å². The minimum atomic E-state index is 0.0125. The second kappa shape index (κ2) is 5.68. The molecule has 0 spiro atoms. The minimum absolute atomic E-state index is 0.0125. The van der Waals surface area contributed by atoms with Gasteiger partial charge >= 0.3 is 0 Å². The van der Waals surface area contributed by atoms with Gasteiger partial charge in [0.05, 0.1) is 11.6 Å². The van der Waals surface area contributed by atoms with Gasteiger partial charge in [-0.2, -0.15) is 0 Å². The van der Waals surface area contributed by atoms with Crippen molar-refractivity contribution in [2.45, 2.75) is 70.4 Å². The highest BCUT2D eigenvalue weighted by molar-refractivity contribution is 4.98. The molecular weight excluding hydrogens is 212 g/mol. The van der Waals surface area contributed by atoms with Gasteiger partial charge in [0.2, 0.25) is 0 Å². The van der Waals surface area contributed by atoms with Crippen LogP contribution >= 0.6 is 0 Å². The Hall–Kier alpha value is -0.120. The summed E-state index contributed by atoms with van der Waals surface area (Å²) in [5.74, 6) is 7.55. The summed E-state index contributed by atoms with van der Waals surface area (Å²) in [5, 5.41) is 0. The van der Waals surface area contributed by atoms with Crippen LogP contribution in [0, 0.1) is 11.8 Å². The zero-order valence-electron chi connectivity index (χ0n) is 11.4. The third-order valence-corrected chi connectivity index (χ3v) is 4.65. The van der Waals surface area contributed by atoms with E-state index in [4.69, 9.17) is 10.6 Å². The molecule has 0 bridgehead atoms. The Bertz CT molecular complexity index is 232. The SMILES string of the molecule is CCOC1(C(CC2CC2)NN)CCC(C)CC1. The van der Waals surface area contributed by atoms with E-state index in [1.807, 2.05) is 0 Å². The van der Waals surface area contributed by atoms with Crippen LogP contribution in [0.15, 0.2) is 0 Å². The van der Waals surface area contributed by atoms with Gasteiger partial charge in [0, 0.05) is 6.61 Å². The quantitative estimate of drug-likeness (QED) is 0.554. The zero-order chi connectivity index (χ0) is 12.3. The van der Waals surface area contributed by atoms with E-state index >= 15 is 0 Å². The van der Waals surface area contributed by atoms with Crippen molar-refractivity contribution in [3.8, 4) is 0 Å². The van der Waals surface area contributed by atoms with Crippen molar-refractivity contribution in [2.24, 2.45) is 17.7 Å². The molecule has 0 saturated heterocycles. The van der Waals surface area contributed by atoms with Crippen molar-refractivity contribution >= 4 is 0 Å². The molecular formula is C14H28N2O. The van der Waals surface area contributed by atoms with E-state index in [-0.39, 0.29) is 5.60 Å². The predicted molar refractivity (Wildman–Crippen MR) is 70.4 cm³/mol. The van der Waals surface area contributed by atoms with E-state index in [0.717, 1.165) is 18.4 Å². The number of rotatable bonds is 6. The van der Waals surface area contributed by atoms with Crippen LogP contribution in [0.5, 0.6) is 0 Å². The van der Waals surface area contributed by atoms with Gasteiger partial charge in [0.15, 0.2) is 0 Å². The molecule has 0 aliphatic heterocycles. The molecule has 1 atom stereocenters. The zero-order valence-corrected chi connectivity index (χ0v) is 11.4. The number of nitrogens with two attached hydrogens (primary N) is 1. The lowest BCUT2D eigenvalue weighted by Gasteiger charge is -2.44. The first-order valence-electron chi connectivity index (χ1n) is 7.30. The first-order valence-corrected chi connectivity index (χ1v) is 7.30. The fourth-order valence-corrected chi connectivity index (χ4v) is 3.25. The van der Waals surface area contributed by atoms with Crippen molar-refractivity contribution in [2.75, 3.05) is 6.61 Å². The second-order valence-corrected chi connectivity index (χ2v) is 6.08. The lowest BCUT2D eigenvalue weighted by atomic mass is 9.74. The van der Waals surface area contributed by atoms with E-state index in [1.165, 1.54) is 44.9 Å². The molecule has 2 saturated carbocycles. The largest absolute Gasteiger partial charge is 0.374 e. The van der Waals surface area contributed by atoms with Crippen LogP contribution in [0.4, 0.5) is 0 Å². The van der Waals surface area contributed by atoms with Crippen LogP contribution in [0.25, 0.3) is 0 Å². The van der Waals surface area contributed by atoms with Crippen LogP contribution in [0.1, 0.15) is 58.8 Å². The fourth-order valence-electron chi connectivity index (χ4n) is 3.25. The summed E-state index contributed by atoms with van der Waals surface area (Å²) >= 11 is 0. The highest BCUT2D eigenvalue weighted by Gasteiger charge is 2.43. The molecule has 0 aromatic carbocycles. The van der Waals surface area contributed by atoms with Crippen LogP contribution in [0.2, 0.25) is 0 Å². The Morgan fingerprint density at radius 3 is 2.41 bits per heavy atom. The van der Waals surface area contributed by atoms with Gasteiger partial charge in [-0.05, 0) is 50.9 Å². The van der Waals surface area contributed by atoms with Crippen molar-refractivity contribution in [3.63, 3.8) is 0 Å². The summed E-state index contributed by atoms with van der Waals surface area (Å²) in [7, 11) is 0. The molecule has 3 heteroatoms. The Kier molecular flexibility index (Phi) is 4.45. The molecule has 3 nitrogen and oxygen atoms in total. The van der Waals surface area contributed by atoms with Crippen molar-refractivity contribution < 1.29 is 4.74 Å². The Morgan fingerprint density at radius 2 is 1.94 bits per heavy atom. The topological polar surface area (TPSA) is 47.3 Å². The van der Waals surface area contributed by atoms with Gasteiger partial charge in [-0.15, -0.1) is 0 Å². The molecule has 1 unspecified atom stereocenters. The van der Waals surface area contributed by atoms with E-state index < -0.39 is 0 Å². The first kappa shape index (κ1) is 13.3. The standard InChI is InChI=1S/C14H28N2O/c1-3-17-14(8-6-11(2)7-9-14)13(16-15)10-12-4-5-12/h11-13,16H,3-10,15H2,1-2H3. The maximum Gasteiger partial charge on any atom is 0.0848 e. The Morgan fingerprint density at radius 1 is 1.29 bits per heavy atom. The number of ether oxygens (including phenoxy) is 1. The predicted octanol–water partition coefficient (Wildman–Crippen LogP) is 2.60. The number of hydrogen-bond donors (Lipinski definition) is 2. The van der Waals surface area contributed by atoms with Crippen LogP contribution in [-0.2, 0) is 4.74 Å². The van der Waals surface area contributed by atoms with Crippen LogP contribution in [-0.4, -0.2) is 18.2 Å². The lowest BCUT2D eigenvalue weighted by molar-refractivity contribution is -0.0988. The average molecular weight is 240 g/mol. The third kappa shape index (κ3) is 3.21. The summed E-state index contributed by atoms with van der Waals surface area (Å²) < 4.78 is 6.16.